The molecule has 1 aromatic heterocycles. The van der Waals surface area contributed by atoms with Crippen LogP contribution < -0.4 is 4.90 Å². The fourth-order valence-corrected chi connectivity index (χ4v) is 2.18. The summed E-state index contributed by atoms with van der Waals surface area (Å²) in [6.07, 6.45) is 0. The normalized spacial score (nSPS) is 25.9. The molecule has 1 aliphatic rings. The third kappa shape index (κ3) is 2.36. The summed E-state index contributed by atoms with van der Waals surface area (Å²) in [5, 5.41) is 0.224. The van der Waals surface area contributed by atoms with Crippen LogP contribution in [-0.4, -0.2) is 40.2 Å². The van der Waals surface area contributed by atoms with Gasteiger partial charge in [0, 0.05) is 0 Å². The first kappa shape index (κ1) is 11.8. The second kappa shape index (κ2) is 4.69. The minimum atomic E-state index is 0.112. The van der Waals surface area contributed by atoms with Crippen molar-refractivity contribution in [2.45, 2.75) is 25.9 Å². The van der Waals surface area contributed by atoms with Gasteiger partial charge in [-0.05, 0) is 37.0 Å². The molecule has 0 N–H and O–H groups in total. The van der Waals surface area contributed by atoms with Gasteiger partial charge in [-0.2, -0.15) is 15.0 Å². The van der Waals surface area contributed by atoms with Crippen molar-refractivity contribution in [3.8, 4) is 0 Å². The molecule has 0 saturated carbocycles. The number of hydrogen-bond donors (Lipinski definition) is 0. The molecule has 0 spiro atoms. The minimum Gasteiger partial charge on any atom is -0.377 e. The van der Waals surface area contributed by atoms with E-state index in [1.807, 2.05) is 18.7 Å². The van der Waals surface area contributed by atoms with Crippen LogP contribution in [0.4, 0.5) is 5.95 Å². The topological polar surface area (TPSA) is 51.1 Å². The zero-order valence-electron chi connectivity index (χ0n) is 9.02. The number of ether oxygens (including phenoxy) is 1. The summed E-state index contributed by atoms with van der Waals surface area (Å²) in [7, 11) is 0. The number of halogens is 2. The van der Waals surface area contributed by atoms with E-state index in [-0.39, 0.29) is 22.7 Å². The molecule has 88 valence electrons. The molecule has 1 aliphatic heterocycles. The third-order valence-corrected chi connectivity index (χ3v) is 2.81. The summed E-state index contributed by atoms with van der Waals surface area (Å²) in [5.74, 6) is 0.508. The highest BCUT2D eigenvalue weighted by atomic mass is 35.5. The first-order chi connectivity index (χ1) is 7.58. The maximum Gasteiger partial charge on any atom is 0.231 e. The Labute approximate surface area is 104 Å². The predicted molar refractivity (Wildman–Crippen MR) is 62.1 cm³/mol. The number of anilines is 1. The van der Waals surface area contributed by atoms with Crippen molar-refractivity contribution in [2.24, 2.45) is 0 Å². The van der Waals surface area contributed by atoms with Crippen molar-refractivity contribution in [3.05, 3.63) is 10.6 Å². The Morgan fingerprint density at radius 1 is 1.06 bits per heavy atom. The molecule has 2 rings (SSSR count). The van der Waals surface area contributed by atoms with Gasteiger partial charge in [0.05, 0.1) is 25.3 Å². The summed E-state index contributed by atoms with van der Waals surface area (Å²) in [4.78, 5) is 13.9. The van der Waals surface area contributed by atoms with E-state index in [0.717, 1.165) is 0 Å². The van der Waals surface area contributed by atoms with Crippen LogP contribution in [0.15, 0.2) is 0 Å². The van der Waals surface area contributed by atoms with Crippen LogP contribution in [0.25, 0.3) is 0 Å². The molecule has 5 nitrogen and oxygen atoms in total. The standard InChI is InChI=1S/C9H12Cl2N4O/c1-5-3-16-4-6(2)15(5)9-13-7(10)12-8(11)14-9/h5-6H,3-4H2,1-2H3/t5-,6+. The average molecular weight is 263 g/mol. The Balaban J connectivity index is 2.33. The fraction of sp³-hybridized carbons (Fsp3) is 0.667. The highest BCUT2D eigenvalue weighted by Gasteiger charge is 2.28. The second-order valence-corrected chi connectivity index (χ2v) is 4.49. The largest absolute Gasteiger partial charge is 0.377 e. The van der Waals surface area contributed by atoms with Crippen molar-refractivity contribution in [2.75, 3.05) is 18.1 Å². The summed E-state index contributed by atoms with van der Waals surface area (Å²) in [6, 6.07) is 0.386. The maximum atomic E-state index is 5.76. The van der Waals surface area contributed by atoms with Gasteiger partial charge in [0.1, 0.15) is 0 Å². The maximum absolute atomic E-state index is 5.76. The highest BCUT2D eigenvalue weighted by molar-refractivity contribution is 6.31. The first-order valence-electron chi connectivity index (χ1n) is 5.01. The van der Waals surface area contributed by atoms with E-state index < -0.39 is 0 Å². The van der Waals surface area contributed by atoms with Gasteiger partial charge in [-0.1, -0.05) is 0 Å². The number of aromatic nitrogens is 3. The van der Waals surface area contributed by atoms with Crippen LogP contribution in [0.5, 0.6) is 0 Å². The Morgan fingerprint density at radius 3 is 2.06 bits per heavy atom. The quantitative estimate of drug-likeness (QED) is 0.773. The predicted octanol–water partition coefficient (Wildman–Crippen LogP) is 1.79. The van der Waals surface area contributed by atoms with Crippen LogP contribution in [0.1, 0.15) is 13.8 Å². The molecular weight excluding hydrogens is 251 g/mol. The lowest BCUT2D eigenvalue weighted by Crippen LogP contribution is -2.50. The van der Waals surface area contributed by atoms with Crippen LogP contribution in [0.2, 0.25) is 10.6 Å². The molecule has 2 atom stereocenters. The van der Waals surface area contributed by atoms with Gasteiger partial charge in [0.25, 0.3) is 0 Å². The lowest BCUT2D eigenvalue weighted by atomic mass is 10.2. The van der Waals surface area contributed by atoms with E-state index in [4.69, 9.17) is 27.9 Å². The van der Waals surface area contributed by atoms with E-state index >= 15 is 0 Å². The van der Waals surface area contributed by atoms with E-state index in [9.17, 15) is 0 Å². The molecule has 7 heteroatoms. The summed E-state index contributed by atoms with van der Waals surface area (Å²) in [6.45, 7) is 5.37. The summed E-state index contributed by atoms with van der Waals surface area (Å²) < 4.78 is 5.43. The Hall–Kier alpha value is -0.650. The molecule has 1 saturated heterocycles. The van der Waals surface area contributed by atoms with Crippen molar-refractivity contribution in [1.29, 1.82) is 0 Å². The molecule has 2 heterocycles. The molecule has 0 radical (unpaired) electrons. The second-order valence-electron chi connectivity index (χ2n) is 3.82. The van der Waals surface area contributed by atoms with E-state index in [0.29, 0.717) is 19.2 Å². The lowest BCUT2D eigenvalue weighted by Gasteiger charge is -2.38. The van der Waals surface area contributed by atoms with Crippen molar-refractivity contribution in [3.63, 3.8) is 0 Å². The van der Waals surface area contributed by atoms with Crippen LogP contribution in [0, 0.1) is 0 Å². The van der Waals surface area contributed by atoms with E-state index in [1.165, 1.54) is 0 Å². The van der Waals surface area contributed by atoms with Gasteiger partial charge >= 0.3 is 0 Å². The first-order valence-corrected chi connectivity index (χ1v) is 5.76. The van der Waals surface area contributed by atoms with E-state index in [1.54, 1.807) is 0 Å². The molecule has 0 aliphatic carbocycles. The Morgan fingerprint density at radius 2 is 1.56 bits per heavy atom. The van der Waals surface area contributed by atoms with Gasteiger partial charge in [0.2, 0.25) is 16.5 Å². The van der Waals surface area contributed by atoms with Gasteiger partial charge in [0.15, 0.2) is 0 Å². The Kier molecular flexibility index (Phi) is 3.47. The zero-order chi connectivity index (χ0) is 11.7. The molecular formula is C9H12Cl2N4O. The van der Waals surface area contributed by atoms with Crippen molar-refractivity contribution in [1.82, 2.24) is 15.0 Å². The molecule has 16 heavy (non-hydrogen) atoms. The fourth-order valence-electron chi connectivity index (χ4n) is 1.83. The Bertz CT molecular complexity index is 360. The van der Waals surface area contributed by atoms with Crippen LogP contribution >= 0.6 is 23.2 Å². The number of morpholine rings is 1. The monoisotopic (exact) mass is 262 g/mol. The van der Waals surface area contributed by atoms with Gasteiger partial charge in [-0.3, -0.25) is 0 Å². The molecule has 0 bridgehead atoms. The zero-order valence-corrected chi connectivity index (χ0v) is 10.5. The van der Waals surface area contributed by atoms with Gasteiger partial charge < -0.3 is 9.64 Å². The summed E-state index contributed by atoms with van der Waals surface area (Å²) >= 11 is 11.5. The SMILES string of the molecule is C[C@@H]1COC[C@H](C)N1c1nc(Cl)nc(Cl)n1. The number of nitrogens with zero attached hydrogens (tertiary/aromatic N) is 4. The smallest absolute Gasteiger partial charge is 0.231 e. The van der Waals surface area contributed by atoms with Crippen molar-refractivity contribution >= 4 is 29.2 Å². The van der Waals surface area contributed by atoms with Crippen molar-refractivity contribution < 1.29 is 4.74 Å². The van der Waals surface area contributed by atoms with E-state index in [2.05, 4.69) is 15.0 Å². The average Bonchev–Trinajstić information content (AvgIpc) is 2.15. The number of rotatable bonds is 1. The van der Waals surface area contributed by atoms with Crippen LogP contribution in [0.3, 0.4) is 0 Å². The molecule has 0 amide bonds. The number of hydrogen-bond acceptors (Lipinski definition) is 5. The molecule has 1 fully saturated rings. The van der Waals surface area contributed by atoms with Gasteiger partial charge in [-0.15, -0.1) is 0 Å². The lowest BCUT2D eigenvalue weighted by molar-refractivity contribution is 0.0746. The molecule has 0 unspecified atom stereocenters. The highest BCUT2D eigenvalue weighted by Crippen LogP contribution is 2.21. The third-order valence-electron chi connectivity index (χ3n) is 2.47. The summed E-state index contributed by atoms with van der Waals surface area (Å²) in [5.41, 5.74) is 0. The minimum absolute atomic E-state index is 0.112. The van der Waals surface area contributed by atoms with Crippen LogP contribution in [-0.2, 0) is 4.74 Å². The molecule has 0 aromatic carbocycles. The molecule has 1 aromatic rings. The van der Waals surface area contributed by atoms with Gasteiger partial charge in [-0.25, -0.2) is 0 Å².